The summed E-state index contributed by atoms with van der Waals surface area (Å²) in [4.78, 5) is 6.99. The van der Waals surface area contributed by atoms with E-state index in [9.17, 15) is 0 Å². The minimum absolute atomic E-state index is 0.238. The zero-order valence-corrected chi connectivity index (χ0v) is 12.0. The van der Waals surface area contributed by atoms with Crippen LogP contribution in [0.15, 0.2) is 30.3 Å². The standard InChI is InChI=1S/C16H21N3O/c1-11-15(7-8-20-11)19(2)16-14-6-4-3-5-12(14)9-13(10-17)18-16/h3-6,9,11,15H,7-8,10,17H2,1-2H3. The summed E-state index contributed by atoms with van der Waals surface area (Å²) < 4.78 is 5.68. The second-order valence-corrected chi connectivity index (χ2v) is 5.41. The van der Waals surface area contributed by atoms with Crippen LogP contribution in [-0.4, -0.2) is 30.8 Å². The van der Waals surface area contributed by atoms with Crippen molar-refractivity contribution >= 4 is 16.6 Å². The number of hydrogen-bond donors (Lipinski definition) is 1. The van der Waals surface area contributed by atoms with Crippen molar-refractivity contribution < 1.29 is 4.74 Å². The first-order valence-corrected chi connectivity index (χ1v) is 7.14. The van der Waals surface area contributed by atoms with E-state index >= 15 is 0 Å². The maximum Gasteiger partial charge on any atom is 0.136 e. The number of hydrogen-bond acceptors (Lipinski definition) is 4. The van der Waals surface area contributed by atoms with E-state index in [-0.39, 0.29) is 6.10 Å². The van der Waals surface area contributed by atoms with Crippen LogP contribution in [0.3, 0.4) is 0 Å². The quantitative estimate of drug-likeness (QED) is 0.930. The molecule has 3 rings (SSSR count). The summed E-state index contributed by atoms with van der Waals surface area (Å²) in [6.07, 6.45) is 1.28. The van der Waals surface area contributed by atoms with Gasteiger partial charge in [0, 0.05) is 25.6 Å². The largest absolute Gasteiger partial charge is 0.376 e. The van der Waals surface area contributed by atoms with E-state index in [0.29, 0.717) is 12.6 Å². The van der Waals surface area contributed by atoms with Crippen LogP contribution in [0.1, 0.15) is 19.0 Å². The summed E-state index contributed by atoms with van der Waals surface area (Å²) in [6, 6.07) is 10.8. The summed E-state index contributed by atoms with van der Waals surface area (Å²) in [6.45, 7) is 3.41. The van der Waals surface area contributed by atoms with Gasteiger partial charge in [0.2, 0.25) is 0 Å². The zero-order chi connectivity index (χ0) is 14.1. The summed E-state index contributed by atoms with van der Waals surface area (Å²) in [5.41, 5.74) is 6.71. The molecular formula is C16H21N3O. The lowest BCUT2D eigenvalue weighted by molar-refractivity contribution is 0.118. The Morgan fingerprint density at radius 2 is 2.20 bits per heavy atom. The van der Waals surface area contributed by atoms with Gasteiger partial charge in [-0.05, 0) is 24.8 Å². The number of nitrogens with two attached hydrogens (primary N) is 1. The first-order valence-electron chi connectivity index (χ1n) is 7.14. The van der Waals surface area contributed by atoms with Gasteiger partial charge in [-0.3, -0.25) is 0 Å². The summed E-state index contributed by atoms with van der Waals surface area (Å²) in [7, 11) is 2.10. The summed E-state index contributed by atoms with van der Waals surface area (Å²) >= 11 is 0. The number of fused-ring (bicyclic) bond motifs is 1. The fraction of sp³-hybridized carbons (Fsp3) is 0.438. The lowest BCUT2D eigenvalue weighted by Crippen LogP contribution is -2.37. The molecule has 0 amide bonds. The van der Waals surface area contributed by atoms with Crippen LogP contribution < -0.4 is 10.6 Å². The molecule has 0 bridgehead atoms. The van der Waals surface area contributed by atoms with Gasteiger partial charge in [-0.2, -0.15) is 0 Å². The van der Waals surface area contributed by atoms with Crippen molar-refractivity contribution in [1.29, 1.82) is 0 Å². The molecule has 2 unspecified atom stereocenters. The Bertz CT molecular complexity index is 614. The average molecular weight is 271 g/mol. The van der Waals surface area contributed by atoms with E-state index in [2.05, 4.69) is 43.1 Å². The minimum atomic E-state index is 0.238. The molecular weight excluding hydrogens is 250 g/mol. The van der Waals surface area contributed by atoms with Gasteiger partial charge in [0.1, 0.15) is 5.82 Å². The fourth-order valence-corrected chi connectivity index (χ4v) is 2.99. The van der Waals surface area contributed by atoms with Crippen molar-refractivity contribution in [2.75, 3.05) is 18.6 Å². The van der Waals surface area contributed by atoms with Gasteiger partial charge in [-0.25, -0.2) is 4.98 Å². The number of benzene rings is 1. The number of aromatic nitrogens is 1. The second kappa shape index (κ2) is 5.38. The Morgan fingerprint density at radius 1 is 1.40 bits per heavy atom. The monoisotopic (exact) mass is 271 g/mol. The van der Waals surface area contributed by atoms with Crippen LogP contribution in [0.25, 0.3) is 10.8 Å². The molecule has 1 aromatic heterocycles. The lowest BCUT2D eigenvalue weighted by atomic mass is 10.1. The van der Waals surface area contributed by atoms with Crippen LogP contribution in [-0.2, 0) is 11.3 Å². The van der Waals surface area contributed by atoms with Crippen LogP contribution in [0.2, 0.25) is 0 Å². The topological polar surface area (TPSA) is 51.4 Å². The Hall–Kier alpha value is -1.65. The van der Waals surface area contributed by atoms with Gasteiger partial charge in [0.25, 0.3) is 0 Å². The molecule has 20 heavy (non-hydrogen) atoms. The molecule has 2 N–H and O–H groups in total. The fourth-order valence-electron chi connectivity index (χ4n) is 2.99. The molecule has 0 radical (unpaired) electrons. The number of anilines is 1. The third-order valence-corrected chi connectivity index (χ3v) is 4.15. The molecule has 4 nitrogen and oxygen atoms in total. The van der Waals surface area contributed by atoms with Crippen LogP contribution >= 0.6 is 0 Å². The Labute approximate surface area is 119 Å². The molecule has 0 spiro atoms. The predicted molar refractivity (Wildman–Crippen MR) is 81.9 cm³/mol. The number of pyridine rings is 1. The number of likely N-dealkylation sites (N-methyl/N-ethyl adjacent to an activating group) is 1. The lowest BCUT2D eigenvalue weighted by Gasteiger charge is -2.29. The molecule has 2 atom stereocenters. The highest BCUT2D eigenvalue weighted by atomic mass is 16.5. The molecule has 4 heteroatoms. The van der Waals surface area contributed by atoms with E-state index in [1.165, 1.54) is 10.8 Å². The summed E-state index contributed by atoms with van der Waals surface area (Å²) in [5.74, 6) is 1.01. The highest BCUT2D eigenvalue weighted by Crippen LogP contribution is 2.29. The number of nitrogens with zero attached hydrogens (tertiary/aromatic N) is 2. The zero-order valence-electron chi connectivity index (χ0n) is 12.0. The smallest absolute Gasteiger partial charge is 0.136 e. The van der Waals surface area contributed by atoms with E-state index in [4.69, 9.17) is 15.5 Å². The van der Waals surface area contributed by atoms with Crippen molar-refractivity contribution in [3.63, 3.8) is 0 Å². The van der Waals surface area contributed by atoms with Crippen LogP contribution in [0.5, 0.6) is 0 Å². The predicted octanol–water partition coefficient (Wildman–Crippen LogP) is 2.31. The normalized spacial score (nSPS) is 22.4. The van der Waals surface area contributed by atoms with Crippen molar-refractivity contribution in [3.05, 3.63) is 36.0 Å². The van der Waals surface area contributed by atoms with Crippen molar-refractivity contribution in [2.45, 2.75) is 32.0 Å². The maximum atomic E-state index is 5.78. The third-order valence-electron chi connectivity index (χ3n) is 4.15. The first-order chi connectivity index (χ1) is 9.70. The molecule has 1 fully saturated rings. The summed E-state index contributed by atoms with van der Waals surface area (Å²) in [5, 5.41) is 2.36. The molecule has 1 saturated heterocycles. The highest BCUT2D eigenvalue weighted by Gasteiger charge is 2.29. The van der Waals surface area contributed by atoms with E-state index in [1.807, 2.05) is 6.07 Å². The van der Waals surface area contributed by atoms with Crippen molar-refractivity contribution in [3.8, 4) is 0 Å². The highest BCUT2D eigenvalue weighted by molar-refractivity contribution is 5.92. The Kier molecular flexibility index (Phi) is 3.59. The van der Waals surface area contributed by atoms with Gasteiger partial charge < -0.3 is 15.4 Å². The van der Waals surface area contributed by atoms with E-state index in [1.54, 1.807) is 0 Å². The molecule has 1 aliphatic rings. The minimum Gasteiger partial charge on any atom is -0.376 e. The Morgan fingerprint density at radius 3 is 2.90 bits per heavy atom. The van der Waals surface area contributed by atoms with Gasteiger partial charge in [-0.15, -0.1) is 0 Å². The molecule has 106 valence electrons. The Balaban J connectivity index is 2.09. The SMILES string of the molecule is CC1OCCC1N(C)c1nc(CN)cc2ccccc12. The van der Waals surface area contributed by atoms with Gasteiger partial charge >= 0.3 is 0 Å². The second-order valence-electron chi connectivity index (χ2n) is 5.41. The third kappa shape index (κ3) is 2.25. The molecule has 1 aromatic carbocycles. The van der Waals surface area contributed by atoms with Gasteiger partial charge in [0.15, 0.2) is 0 Å². The van der Waals surface area contributed by atoms with E-state index < -0.39 is 0 Å². The maximum absolute atomic E-state index is 5.78. The average Bonchev–Trinajstić information content (AvgIpc) is 2.91. The van der Waals surface area contributed by atoms with Crippen molar-refractivity contribution in [2.24, 2.45) is 5.73 Å². The van der Waals surface area contributed by atoms with E-state index in [0.717, 1.165) is 24.5 Å². The molecule has 0 aliphatic carbocycles. The number of ether oxygens (including phenoxy) is 1. The van der Waals surface area contributed by atoms with Crippen molar-refractivity contribution in [1.82, 2.24) is 4.98 Å². The molecule has 1 aliphatic heterocycles. The first kappa shape index (κ1) is 13.3. The number of rotatable bonds is 3. The molecule has 2 heterocycles. The van der Waals surface area contributed by atoms with Crippen LogP contribution in [0, 0.1) is 0 Å². The van der Waals surface area contributed by atoms with Gasteiger partial charge in [-0.1, -0.05) is 24.3 Å². The molecule has 0 saturated carbocycles. The van der Waals surface area contributed by atoms with Gasteiger partial charge in [0.05, 0.1) is 17.8 Å². The molecule has 2 aromatic rings. The van der Waals surface area contributed by atoms with Crippen LogP contribution in [0.4, 0.5) is 5.82 Å².